The van der Waals surface area contributed by atoms with Gasteiger partial charge in [0.15, 0.2) is 0 Å². The quantitative estimate of drug-likeness (QED) is 0.845. The lowest BCUT2D eigenvalue weighted by molar-refractivity contribution is 0.149. The molecule has 0 aromatic carbocycles. The first kappa shape index (κ1) is 15.2. The summed E-state index contributed by atoms with van der Waals surface area (Å²) < 4.78 is 5.54. The number of furan rings is 1. The van der Waals surface area contributed by atoms with Gasteiger partial charge in [0, 0.05) is 37.9 Å². The molecular weight excluding hydrogens is 264 g/mol. The number of pyridine rings is 1. The van der Waals surface area contributed by atoms with Gasteiger partial charge in [0.25, 0.3) is 0 Å². The molecule has 2 unspecified atom stereocenters. The number of nitrogens with zero attached hydrogens (tertiary/aromatic N) is 3. The van der Waals surface area contributed by atoms with Crippen molar-refractivity contribution in [1.82, 2.24) is 9.88 Å². The third kappa shape index (κ3) is 4.15. The molecule has 2 aromatic heterocycles. The summed E-state index contributed by atoms with van der Waals surface area (Å²) in [6, 6.07) is 9.74. The van der Waals surface area contributed by atoms with Crippen LogP contribution in [-0.4, -0.2) is 22.5 Å². The maximum Gasteiger partial charge on any atom is 0.122 e. The monoisotopic (exact) mass is 284 g/mol. The molecule has 0 aliphatic rings. The van der Waals surface area contributed by atoms with E-state index in [0.29, 0.717) is 19.5 Å². The van der Waals surface area contributed by atoms with Gasteiger partial charge < -0.3 is 10.2 Å². The lowest BCUT2D eigenvalue weighted by Crippen LogP contribution is -2.39. The van der Waals surface area contributed by atoms with Gasteiger partial charge in [-0.3, -0.25) is 9.88 Å². The molecule has 0 bridgehead atoms. The fraction of sp³-hybridized carbons (Fsp3) is 0.375. The van der Waals surface area contributed by atoms with Gasteiger partial charge in [-0.2, -0.15) is 5.26 Å². The Balaban J connectivity index is 2.22. The van der Waals surface area contributed by atoms with Gasteiger partial charge in [-0.1, -0.05) is 6.07 Å². The van der Waals surface area contributed by atoms with Gasteiger partial charge >= 0.3 is 0 Å². The molecule has 2 heterocycles. The molecular formula is C16H20N4O. The largest absolute Gasteiger partial charge is 0.468 e. The van der Waals surface area contributed by atoms with Crippen molar-refractivity contribution >= 4 is 0 Å². The van der Waals surface area contributed by atoms with E-state index in [1.165, 1.54) is 0 Å². The number of nitrogens with two attached hydrogens (primary N) is 1. The van der Waals surface area contributed by atoms with Gasteiger partial charge in [0.2, 0.25) is 0 Å². The zero-order chi connectivity index (χ0) is 15.1. The van der Waals surface area contributed by atoms with E-state index in [1.807, 2.05) is 37.4 Å². The van der Waals surface area contributed by atoms with Crippen LogP contribution >= 0.6 is 0 Å². The smallest absolute Gasteiger partial charge is 0.122 e. The molecule has 0 saturated heterocycles. The average molecular weight is 284 g/mol. The molecule has 2 N–H and O–H groups in total. The first-order valence-electron chi connectivity index (χ1n) is 7.01. The predicted octanol–water partition coefficient (Wildman–Crippen LogP) is 2.48. The zero-order valence-electron chi connectivity index (χ0n) is 12.1. The topological polar surface area (TPSA) is 79.1 Å². The van der Waals surface area contributed by atoms with Crippen LogP contribution < -0.4 is 5.73 Å². The molecule has 0 saturated carbocycles. The minimum absolute atomic E-state index is 0.0615. The lowest BCUT2D eigenvalue weighted by atomic mass is 10.0. The molecule has 2 aromatic rings. The first-order chi connectivity index (χ1) is 10.2. The highest BCUT2D eigenvalue weighted by molar-refractivity contribution is 5.12. The number of hydrogen-bond acceptors (Lipinski definition) is 5. The Hall–Kier alpha value is -2.16. The van der Waals surface area contributed by atoms with Crippen molar-refractivity contribution in [1.29, 1.82) is 5.26 Å². The molecule has 110 valence electrons. The normalized spacial score (nSPS) is 13.8. The highest BCUT2D eigenvalue weighted by atomic mass is 16.3. The predicted molar refractivity (Wildman–Crippen MR) is 80.0 cm³/mol. The van der Waals surface area contributed by atoms with Crippen LogP contribution in [0.2, 0.25) is 0 Å². The average Bonchev–Trinajstić information content (AvgIpc) is 2.99. The summed E-state index contributed by atoms with van der Waals surface area (Å²) in [4.78, 5) is 6.31. The SMILES string of the molecule is CC(N)C(c1ccco1)N(CCC#N)Cc1cccnc1. The van der Waals surface area contributed by atoms with E-state index in [2.05, 4.69) is 16.0 Å². The van der Waals surface area contributed by atoms with Crippen molar-refractivity contribution in [2.75, 3.05) is 6.54 Å². The Labute approximate surface area is 125 Å². The Morgan fingerprint density at radius 2 is 2.29 bits per heavy atom. The molecule has 2 rings (SSSR count). The van der Waals surface area contributed by atoms with Gasteiger partial charge in [-0.25, -0.2) is 0 Å². The van der Waals surface area contributed by atoms with Crippen LogP contribution in [0.5, 0.6) is 0 Å². The molecule has 0 aliphatic carbocycles. The Morgan fingerprint density at radius 3 is 2.86 bits per heavy atom. The fourth-order valence-electron chi connectivity index (χ4n) is 2.47. The van der Waals surface area contributed by atoms with Gasteiger partial charge in [0.05, 0.1) is 18.4 Å². The second kappa shape index (κ2) is 7.58. The number of hydrogen-bond donors (Lipinski definition) is 1. The van der Waals surface area contributed by atoms with Gasteiger partial charge in [0.1, 0.15) is 5.76 Å². The van der Waals surface area contributed by atoms with E-state index >= 15 is 0 Å². The second-order valence-electron chi connectivity index (χ2n) is 5.06. The maximum absolute atomic E-state index is 8.89. The van der Waals surface area contributed by atoms with Crippen molar-refractivity contribution in [3.63, 3.8) is 0 Å². The van der Waals surface area contributed by atoms with Crippen LogP contribution in [0.4, 0.5) is 0 Å². The van der Waals surface area contributed by atoms with E-state index in [1.54, 1.807) is 12.5 Å². The summed E-state index contributed by atoms with van der Waals surface area (Å²) in [5, 5.41) is 8.89. The third-order valence-electron chi connectivity index (χ3n) is 3.35. The second-order valence-corrected chi connectivity index (χ2v) is 5.06. The summed E-state index contributed by atoms with van der Waals surface area (Å²) in [5.74, 6) is 0.826. The highest BCUT2D eigenvalue weighted by Crippen LogP contribution is 2.26. The molecule has 5 heteroatoms. The van der Waals surface area contributed by atoms with E-state index in [0.717, 1.165) is 11.3 Å². The van der Waals surface area contributed by atoms with Crippen LogP contribution in [0.15, 0.2) is 47.3 Å². The van der Waals surface area contributed by atoms with Crippen LogP contribution in [0.25, 0.3) is 0 Å². The lowest BCUT2D eigenvalue weighted by Gasteiger charge is -2.32. The van der Waals surface area contributed by atoms with Crippen LogP contribution in [0.3, 0.4) is 0 Å². The van der Waals surface area contributed by atoms with Crippen molar-refractivity contribution in [2.45, 2.75) is 32.0 Å². The van der Waals surface area contributed by atoms with Gasteiger partial charge in [-0.05, 0) is 30.7 Å². The zero-order valence-corrected chi connectivity index (χ0v) is 12.1. The summed E-state index contributed by atoms with van der Waals surface area (Å²) in [6.45, 7) is 3.27. The maximum atomic E-state index is 8.89. The van der Waals surface area contributed by atoms with Crippen LogP contribution in [0, 0.1) is 11.3 Å². The van der Waals surface area contributed by atoms with E-state index < -0.39 is 0 Å². The van der Waals surface area contributed by atoms with Crippen LogP contribution in [-0.2, 0) is 6.54 Å². The summed E-state index contributed by atoms with van der Waals surface area (Å²) >= 11 is 0. The Kier molecular flexibility index (Phi) is 5.50. The van der Waals surface area contributed by atoms with Gasteiger partial charge in [-0.15, -0.1) is 0 Å². The third-order valence-corrected chi connectivity index (χ3v) is 3.35. The standard InChI is InChI=1S/C16H20N4O/c1-13(18)16(15-6-3-10-21-15)20(9-4-7-17)12-14-5-2-8-19-11-14/h2-3,5-6,8,10-11,13,16H,4,9,12,18H2,1H3. The van der Waals surface area contributed by atoms with Crippen LogP contribution in [0.1, 0.15) is 30.7 Å². The first-order valence-corrected chi connectivity index (χ1v) is 7.01. The molecule has 5 nitrogen and oxygen atoms in total. The fourth-order valence-corrected chi connectivity index (χ4v) is 2.47. The number of rotatable bonds is 7. The van der Waals surface area contributed by atoms with Crippen molar-refractivity contribution in [3.8, 4) is 6.07 Å². The summed E-state index contributed by atoms with van der Waals surface area (Å²) in [7, 11) is 0. The summed E-state index contributed by atoms with van der Waals surface area (Å²) in [5.41, 5.74) is 7.24. The van der Waals surface area contributed by atoms with Crippen molar-refractivity contribution in [3.05, 3.63) is 54.2 Å². The highest BCUT2D eigenvalue weighted by Gasteiger charge is 2.26. The molecule has 0 amide bonds. The Morgan fingerprint density at radius 1 is 1.43 bits per heavy atom. The molecule has 0 fully saturated rings. The van der Waals surface area contributed by atoms with E-state index in [4.69, 9.17) is 15.4 Å². The minimum Gasteiger partial charge on any atom is -0.468 e. The molecule has 2 atom stereocenters. The molecule has 21 heavy (non-hydrogen) atoms. The molecule has 0 aliphatic heterocycles. The number of nitriles is 1. The van der Waals surface area contributed by atoms with Crippen molar-refractivity contribution in [2.24, 2.45) is 5.73 Å². The Bertz CT molecular complexity index is 560. The molecule has 0 spiro atoms. The minimum atomic E-state index is -0.105. The van der Waals surface area contributed by atoms with E-state index in [9.17, 15) is 0 Å². The summed E-state index contributed by atoms with van der Waals surface area (Å²) in [6.07, 6.45) is 5.68. The van der Waals surface area contributed by atoms with E-state index in [-0.39, 0.29) is 12.1 Å². The number of aromatic nitrogens is 1. The van der Waals surface area contributed by atoms with Crippen molar-refractivity contribution < 1.29 is 4.42 Å². The molecule has 0 radical (unpaired) electrons.